The van der Waals surface area contributed by atoms with E-state index in [1.54, 1.807) is 0 Å². The monoisotopic (exact) mass is 670 g/mol. The fourth-order valence-electron chi connectivity index (χ4n) is 4.72. The highest BCUT2D eigenvalue weighted by Gasteiger charge is 2.32. The molecule has 0 radical (unpaired) electrons. The highest BCUT2D eigenvalue weighted by molar-refractivity contribution is 5.96. The number of aliphatic carboxylic acids is 1. The van der Waals surface area contributed by atoms with Crippen LogP contribution in [0.25, 0.3) is 0 Å². The quantitative estimate of drug-likeness (QED) is 0.0564. The molecule has 0 aliphatic carbocycles. The highest BCUT2D eigenvalue weighted by Crippen LogP contribution is 2.12. The number of primary amides is 1. The van der Waals surface area contributed by atoms with Gasteiger partial charge in [-0.3, -0.25) is 33.6 Å². The average molecular weight is 671 g/mol. The lowest BCUT2D eigenvalue weighted by molar-refractivity contribution is -0.138. The van der Waals surface area contributed by atoms with Gasteiger partial charge in [0.05, 0.1) is 6.04 Å². The predicted molar refractivity (Wildman–Crippen MR) is 176 cm³/mol. The number of carbonyl (C=O) groups excluding carboxylic acids is 6. The average Bonchev–Trinajstić information content (AvgIpc) is 2.95. The summed E-state index contributed by atoms with van der Waals surface area (Å²) >= 11 is 0. The Morgan fingerprint density at radius 3 is 1.45 bits per heavy atom. The minimum Gasteiger partial charge on any atom is -0.480 e. The first-order valence-electron chi connectivity index (χ1n) is 16.3. The maximum atomic E-state index is 13.6. The largest absolute Gasteiger partial charge is 0.480 e. The van der Waals surface area contributed by atoms with Gasteiger partial charge in [-0.05, 0) is 69.2 Å². The van der Waals surface area contributed by atoms with Gasteiger partial charge in [0.1, 0.15) is 30.7 Å². The van der Waals surface area contributed by atoms with Crippen LogP contribution in [-0.2, 0) is 33.6 Å². The SMILES string of the molecule is CC(C)C[C@H](NC(=O)[C@H](CC(C)C)NC(=O)[C@H](CCC(N)=O)NC(=O)[C@@H](N)CC(C)C)C(=O)N[C@@H](CCCCN)C(=O)NCC(=O)O. The maximum absolute atomic E-state index is 13.6. The van der Waals surface area contributed by atoms with Gasteiger partial charge in [0.2, 0.25) is 35.4 Å². The summed E-state index contributed by atoms with van der Waals surface area (Å²) in [4.78, 5) is 88.4. The zero-order valence-electron chi connectivity index (χ0n) is 28.7. The van der Waals surface area contributed by atoms with Crippen LogP contribution in [-0.4, -0.2) is 89.8 Å². The summed E-state index contributed by atoms with van der Waals surface area (Å²) in [5, 5.41) is 21.8. The Balaban J connectivity index is 6.03. The molecule has 12 N–H and O–H groups in total. The summed E-state index contributed by atoms with van der Waals surface area (Å²) in [5.41, 5.74) is 16.8. The van der Waals surface area contributed by atoms with Crippen LogP contribution >= 0.6 is 0 Å². The van der Waals surface area contributed by atoms with Crippen molar-refractivity contribution in [1.82, 2.24) is 26.6 Å². The molecule has 0 bridgehead atoms. The zero-order chi connectivity index (χ0) is 36.3. The lowest BCUT2D eigenvalue weighted by Gasteiger charge is -2.28. The van der Waals surface area contributed by atoms with Crippen LogP contribution in [0.4, 0.5) is 0 Å². The van der Waals surface area contributed by atoms with Crippen molar-refractivity contribution in [1.29, 1.82) is 0 Å². The van der Waals surface area contributed by atoms with Crippen LogP contribution in [0.2, 0.25) is 0 Å². The van der Waals surface area contributed by atoms with Gasteiger partial charge in [-0.15, -0.1) is 0 Å². The number of nitrogens with one attached hydrogen (secondary N) is 5. The van der Waals surface area contributed by atoms with Gasteiger partial charge in [-0.2, -0.15) is 0 Å². The molecule has 0 heterocycles. The number of rotatable bonds is 24. The Labute approximate surface area is 277 Å². The van der Waals surface area contributed by atoms with Gasteiger partial charge >= 0.3 is 5.97 Å². The van der Waals surface area contributed by atoms with E-state index in [-0.39, 0.29) is 49.9 Å². The third-order valence-corrected chi connectivity index (χ3v) is 7.05. The predicted octanol–water partition coefficient (Wildman–Crippen LogP) is -1.01. The topological polar surface area (TPSA) is 278 Å². The first-order valence-corrected chi connectivity index (χ1v) is 16.3. The van der Waals surface area contributed by atoms with E-state index >= 15 is 0 Å². The Kier molecular flexibility index (Phi) is 20.9. The lowest BCUT2D eigenvalue weighted by Crippen LogP contribution is -2.59. The first kappa shape index (κ1) is 43.2. The number of carboxylic acid groups (broad SMARTS) is 1. The number of unbranched alkanes of at least 4 members (excludes halogenated alkanes) is 1. The van der Waals surface area contributed by atoms with Crippen molar-refractivity contribution >= 4 is 41.4 Å². The van der Waals surface area contributed by atoms with Crippen LogP contribution in [0.5, 0.6) is 0 Å². The zero-order valence-corrected chi connectivity index (χ0v) is 28.7. The molecule has 270 valence electrons. The number of carbonyl (C=O) groups is 7. The molecular weight excluding hydrogens is 612 g/mol. The minimum absolute atomic E-state index is 0.0656. The van der Waals surface area contributed by atoms with Crippen molar-refractivity contribution in [2.45, 2.75) is 123 Å². The Morgan fingerprint density at radius 1 is 0.596 bits per heavy atom. The molecule has 0 rings (SSSR count). The van der Waals surface area contributed by atoms with Crippen LogP contribution in [0.15, 0.2) is 0 Å². The first-order chi connectivity index (χ1) is 21.9. The molecule has 0 fully saturated rings. The molecule has 0 aromatic carbocycles. The summed E-state index contributed by atoms with van der Waals surface area (Å²) in [7, 11) is 0. The number of carboxylic acids is 1. The maximum Gasteiger partial charge on any atom is 0.322 e. The third-order valence-electron chi connectivity index (χ3n) is 7.05. The van der Waals surface area contributed by atoms with Crippen LogP contribution in [0.3, 0.4) is 0 Å². The van der Waals surface area contributed by atoms with Gasteiger partial charge in [0.15, 0.2) is 0 Å². The molecule has 0 aliphatic rings. The second-order valence-corrected chi connectivity index (χ2v) is 13.1. The molecule has 0 aromatic heterocycles. The second kappa shape index (κ2) is 22.7. The summed E-state index contributed by atoms with van der Waals surface area (Å²) in [6.07, 6.45) is 1.67. The minimum atomic E-state index is -1.25. The van der Waals surface area contributed by atoms with E-state index in [9.17, 15) is 33.6 Å². The van der Waals surface area contributed by atoms with E-state index in [1.807, 2.05) is 41.5 Å². The van der Waals surface area contributed by atoms with E-state index in [2.05, 4.69) is 26.6 Å². The van der Waals surface area contributed by atoms with E-state index in [0.29, 0.717) is 25.8 Å². The molecule has 0 unspecified atom stereocenters. The van der Waals surface area contributed by atoms with Gasteiger partial charge in [0, 0.05) is 6.42 Å². The molecule has 5 atom stereocenters. The van der Waals surface area contributed by atoms with Gasteiger partial charge < -0.3 is 48.9 Å². The Hall–Kier alpha value is -3.79. The summed E-state index contributed by atoms with van der Waals surface area (Å²) in [6.45, 7) is 10.9. The number of amides is 6. The van der Waals surface area contributed by atoms with Crippen molar-refractivity contribution in [3.63, 3.8) is 0 Å². The fourth-order valence-corrected chi connectivity index (χ4v) is 4.72. The van der Waals surface area contributed by atoms with E-state index in [0.717, 1.165) is 0 Å². The molecule has 0 spiro atoms. The van der Waals surface area contributed by atoms with Gasteiger partial charge in [0.25, 0.3) is 0 Å². The summed E-state index contributed by atoms with van der Waals surface area (Å²) in [5.74, 6) is -5.28. The van der Waals surface area contributed by atoms with E-state index in [1.165, 1.54) is 0 Å². The van der Waals surface area contributed by atoms with E-state index < -0.39 is 78.2 Å². The third kappa shape index (κ3) is 19.5. The van der Waals surface area contributed by atoms with E-state index in [4.69, 9.17) is 22.3 Å². The molecule has 0 saturated carbocycles. The highest BCUT2D eigenvalue weighted by atomic mass is 16.4. The van der Waals surface area contributed by atoms with Crippen molar-refractivity contribution in [2.75, 3.05) is 13.1 Å². The molecule has 0 aromatic rings. The van der Waals surface area contributed by atoms with Gasteiger partial charge in [-0.25, -0.2) is 0 Å². The Bertz CT molecular complexity index is 1050. The second-order valence-electron chi connectivity index (χ2n) is 13.1. The fraction of sp³-hybridized carbons (Fsp3) is 0.774. The molecule has 47 heavy (non-hydrogen) atoms. The summed E-state index contributed by atoms with van der Waals surface area (Å²) in [6, 6.07) is -5.39. The normalized spacial score (nSPS) is 14.4. The molecule has 0 saturated heterocycles. The van der Waals surface area contributed by atoms with Gasteiger partial charge in [-0.1, -0.05) is 41.5 Å². The number of nitrogens with two attached hydrogens (primary N) is 3. The molecule has 0 aliphatic heterocycles. The smallest absolute Gasteiger partial charge is 0.322 e. The lowest BCUT2D eigenvalue weighted by atomic mass is 9.99. The van der Waals surface area contributed by atoms with Crippen LogP contribution in [0.1, 0.15) is 92.9 Å². The summed E-state index contributed by atoms with van der Waals surface area (Å²) < 4.78 is 0. The molecule has 16 nitrogen and oxygen atoms in total. The van der Waals surface area contributed by atoms with Crippen molar-refractivity contribution in [3.05, 3.63) is 0 Å². The van der Waals surface area contributed by atoms with Crippen LogP contribution < -0.4 is 43.8 Å². The van der Waals surface area contributed by atoms with Crippen molar-refractivity contribution in [2.24, 2.45) is 35.0 Å². The molecule has 16 heteroatoms. The number of hydrogen-bond acceptors (Lipinski definition) is 9. The van der Waals surface area contributed by atoms with Crippen molar-refractivity contribution < 1.29 is 38.7 Å². The van der Waals surface area contributed by atoms with Crippen LogP contribution in [0, 0.1) is 17.8 Å². The molecule has 6 amide bonds. The standard InChI is InChI=1S/C31H58N8O8/c1-17(2)13-20(33)27(43)36-22(10-11-25(34)40)29(45)38-24(15-19(5)6)31(47)39-23(14-18(3)4)30(46)37-21(9-7-8-12-32)28(44)35-16-26(41)42/h17-24H,7-16,32-33H2,1-6H3,(H2,34,40)(H,35,44)(H,36,43)(H,37,46)(H,38,45)(H,39,47)(H,41,42)/t20-,21-,22-,23-,24-/m0/s1. The number of hydrogen-bond donors (Lipinski definition) is 9. The molecular formula is C31H58N8O8. The Morgan fingerprint density at radius 2 is 1.02 bits per heavy atom. The van der Waals surface area contributed by atoms with Crippen molar-refractivity contribution in [3.8, 4) is 0 Å².